The lowest BCUT2D eigenvalue weighted by Crippen LogP contribution is -2.56. The minimum absolute atomic E-state index is 0.0885. The van der Waals surface area contributed by atoms with Gasteiger partial charge in [-0.3, -0.25) is 9.59 Å². The molecule has 0 bridgehead atoms. The molecule has 1 saturated heterocycles. The zero-order valence-corrected chi connectivity index (χ0v) is 40.5. The summed E-state index contributed by atoms with van der Waals surface area (Å²) in [4.78, 5) is 59.4. The van der Waals surface area contributed by atoms with E-state index in [2.05, 4.69) is 44.5 Å². The molecule has 0 aliphatic carbocycles. The Hall–Kier alpha value is -4.39. The molecular weight excluding hydrogens is 820 g/mol. The van der Waals surface area contributed by atoms with E-state index in [0.717, 1.165) is 16.7 Å². The Labute approximate surface area is 377 Å². The smallest absolute Gasteiger partial charge is 0.410 e. The van der Waals surface area contributed by atoms with Gasteiger partial charge in [-0.25, -0.2) is 9.59 Å². The quantitative estimate of drug-likeness (QED) is 0.129. The normalized spacial score (nSPS) is 16.2. The average Bonchev–Trinajstić information content (AvgIpc) is 3.20. The number of amides is 4. The predicted molar refractivity (Wildman–Crippen MR) is 248 cm³/mol. The number of benzene rings is 3. The largest absolute Gasteiger partial charge is 0.445 e. The maximum absolute atomic E-state index is 14.9. The Morgan fingerprint density at radius 2 is 1.45 bits per heavy atom. The highest BCUT2D eigenvalue weighted by molar-refractivity contribution is 6.48. The Morgan fingerprint density at radius 3 is 2.00 bits per heavy atom. The lowest BCUT2D eigenvalue weighted by molar-refractivity contribution is -0.140. The van der Waals surface area contributed by atoms with Crippen LogP contribution in [-0.2, 0) is 36.5 Å². The van der Waals surface area contributed by atoms with E-state index < -0.39 is 56.3 Å². The molecule has 1 radical (unpaired) electrons. The standard InChI is InChI=1S/C49H70ClN4O7Si/c1-33(2)41(45(56)54-27-25-39(26-28-54)53(9)47(58)59-32-34-19-14-12-15-20-34)51-44(55)37(29-35-21-18-24-38(50)30-35)31-40(48(3,4)5)42(52-46(57)60-49(6,7)8)43(61-62(10)11)36-22-16-13-17-23-36/h12-24,30,33,37,39-43H,25-29,31-32H2,1-11H3,(H,51,55)(H,52,57)/t37-,40+,41-,42-,43?/m0/s1. The molecule has 62 heavy (non-hydrogen) atoms. The molecule has 0 spiro atoms. The number of alkyl carbamates (subject to hydrolysis) is 1. The van der Waals surface area contributed by atoms with Gasteiger partial charge in [-0.15, -0.1) is 0 Å². The highest BCUT2D eigenvalue weighted by Gasteiger charge is 2.43. The van der Waals surface area contributed by atoms with Gasteiger partial charge in [0.15, 0.2) is 0 Å². The highest BCUT2D eigenvalue weighted by Crippen LogP contribution is 2.41. The zero-order valence-electron chi connectivity index (χ0n) is 38.7. The van der Waals surface area contributed by atoms with Gasteiger partial charge in [-0.2, -0.15) is 0 Å². The number of hydrogen-bond acceptors (Lipinski definition) is 7. The monoisotopic (exact) mass is 889 g/mol. The SMILES string of the molecule is CC(C)[C@H](NC(=O)[C@@H](Cc1cccc(Cl)c1)C[C@H]([C@H](NC(=O)OC(C)(C)C)C(O[Si](C)C)c1ccccc1)C(C)(C)C)C(=O)N1CCC(N(C)C(=O)OCc2ccccc2)CC1. The summed E-state index contributed by atoms with van der Waals surface area (Å²) >= 11 is 6.49. The summed E-state index contributed by atoms with van der Waals surface area (Å²) in [5.74, 6) is -1.57. The third kappa shape index (κ3) is 15.4. The molecule has 3 aromatic carbocycles. The molecule has 1 aliphatic rings. The Bertz CT molecular complexity index is 1900. The molecule has 3 aromatic rings. The molecule has 1 heterocycles. The molecule has 2 N–H and O–H groups in total. The summed E-state index contributed by atoms with van der Waals surface area (Å²) in [6.07, 6.45) is 0.362. The molecule has 1 fully saturated rings. The van der Waals surface area contributed by atoms with Gasteiger partial charge in [0.1, 0.15) is 18.2 Å². The van der Waals surface area contributed by atoms with Crippen molar-refractivity contribution in [3.05, 3.63) is 107 Å². The molecule has 339 valence electrons. The first kappa shape index (κ1) is 50.3. The number of nitrogens with zero attached hydrogens (tertiary/aromatic N) is 2. The fourth-order valence-corrected chi connectivity index (χ4v) is 9.08. The van der Waals surface area contributed by atoms with Gasteiger partial charge in [0.05, 0.1) is 12.1 Å². The fraction of sp³-hybridized carbons (Fsp3) is 0.551. The van der Waals surface area contributed by atoms with Crippen molar-refractivity contribution in [1.29, 1.82) is 0 Å². The van der Waals surface area contributed by atoms with Gasteiger partial charge in [-0.1, -0.05) is 119 Å². The second-order valence-corrected chi connectivity index (χ2v) is 21.7. The molecule has 0 saturated carbocycles. The highest BCUT2D eigenvalue weighted by atomic mass is 35.5. The topological polar surface area (TPSA) is 127 Å². The number of ether oxygens (including phenoxy) is 2. The number of halogens is 1. The predicted octanol–water partition coefficient (Wildman–Crippen LogP) is 9.85. The van der Waals surface area contributed by atoms with Crippen LogP contribution in [0, 0.1) is 23.2 Å². The van der Waals surface area contributed by atoms with Gasteiger partial charge >= 0.3 is 12.2 Å². The second-order valence-electron chi connectivity index (χ2n) is 19.2. The second kappa shape index (κ2) is 22.8. The van der Waals surface area contributed by atoms with Crippen molar-refractivity contribution in [1.82, 2.24) is 20.4 Å². The first-order valence-electron chi connectivity index (χ1n) is 21.9. The summed E-state index contributed by atoms with van der Waals surface area (Å²) < 4.78 is 18.2. The third-order valence-corrected chi connectivity index (χ3v) is 12.3. The van der Waals surface area contributed by atoms with E-state index in [-0.39, 0.29) is 36.3 Å². The summed E-state index contributed by atoms with van der Waals surface area (Å²) in [5, 5.41) is 7.01. The maximum atomic E-state index is 14.9. The van der Waals surface area contributed by atoms with Crippen molar-refractivity contribution in [2.75, 3.05) is 20.1 Å². The minimum Gasteiger partial charge on any atom is -0.445 e. The number of nitrogens with one attached hydrogen (secondary N) is 2. The first-order chi connectivity index (χ1) is 29.1. The van der Waals surface area contributed by atoms with Crippen molar-refractivity contribution in [2.24, 2.45) is 23.2 Å². The minimum atomic E-state index is -1.29. The zero-order chi connectivity index (χ0) is 45.8. The lowest BCUT2D eigenvalue weighted by Gasteiger charge is -2.43. The van der Waals surface area contributed by atoms with Crippen LogP contribution in [-0.4, -0.2) is 86.7 Å². The molecular formula is C49H70ClN4O7Si. The van der Waals surface area contributed by atoms with Gasteiger partial charge in [-0.05, 0) is 106 Å². The van der Waals surface area contributed by atoms with Crippen LogP contribution in [0.25, 0.3) is 0 Å². The number of piperidine rings is 1. The average molecular weight is 891 g/mol. The molecule has 1 aliphatic heterocycles. The van der Waals surface area contributed by atoms with Crippen LogP contribution in [0.15, 0.2) is 84.9 Å². The molecule has 13 heteroatoms. The van der Waals surface area contributed by atoms with Crippen molar-refractivity contribution in [3.8, 4) is 0 Å². The van der Waals surface area contributed by atoms with Gasteiger partial charge in [0.25, 0.3) is 0 Å². The van der Waals surface area contributed by atoms with Crippen LogP contribution < -0.4 is 10.6 Å². The molecule has 5 atom stereocenters. The van der Waals surface area contributed by atoms with Crippen LogP contribution in [0.1, 0.15) is 97.4 Å². The lowest BCUT2D eigenvalue weighted by atomic mass is 9.69. The van der Waals surface area contributed by atoms with Crippen LogP contribution in [0.4, 0.5) is 9.59 Å². The summed E-state index contributed by atoms with van der Waals surface area (Å²) in [6.45, 7) is 20.9. The molecule has 4 rings (SSSR count). The van der Waals surface area contributed by atoms with E-state index >= 15 is 0 Å². The van der Waals surface area contributed by atoms with Crippen molar-refractivity contribution in [3.63, 3.8) is 0 Å². The van der Waals surface area contributed by atoms with Crippen molar-refractivity contribution < 1.29 is 33.1 Å². The number of hydrogen-bond donors (Lipinski definition) is 2. The maximum Gasteiger partial charge on any atom is 0.410 e. The first-order valence-corrected chi connectivity index (χ1v) is 24.7. The Morgan fingerprint density at radius 1 is 0.855 bits per heavy atom. The third-order valence-electron chi connectivity index (χ3n) is 11.4. The van der Waals surface area contributed by atoms with Gasteiger partial charge in [0.2, 0.25) is 20.9 Å². The van der Waals surface area contributed by atoms with E-state index in [1.54, 1.807) is 22.9 Å². The fourth-order valence-electron chi connectivity index (χ4n) is 8.08. The number of carbonyl (C=O) groups excluding carboxylic acids is 4. The van der Waals surface area contributed by atoms with Crippen molar-refractivity contribution in [2.45, 2.75) is 131 Å². The van der Waals surface area contributed by atoms with E-state index in [1.807, 2.05) is 113 Å². The molecule has 11 nitrogen and oxygen atoms in total. The Balaban J connectivity index is 1.61. The summed E-state index contributed by atoms with van der Waals surface area (Å²) in [5.41, 5.74) is 1.51. The summed E-state index contributed by atoms with van der Waals surface area (Å²) in [7, 11) is 0.446. The number of rotatable bonds is 17. The van der Waals surface area contributed by atoms with Crippen LogP contribution in [0.3, 0.4) is 0 Å². The van der Waals surface area contributed by atoms with E-state index in [0.29, 0.717) is 43.8 Å². The molecule has 4 amide bonds. The van der Waals surface area contributed by atoms with Crippen LogP contribution in [0.2, 0.25) is 18.1 Å². The molecule has 1 unspecified atom stereocenters. The number of carbonyl (C=O) groups is 4. The van der Waals surface area contributed by atoms with Gasteiger partial charge in [0, 0.05) is 37.1 Å². The van der Waals surface area contributed by atoms with Crippen LogP contribution >= 0.6 is 11.6 Å². The van der Waals surface area contributed by atoms with Crippen LogP contribution in [0.5, 0.6) is 0 Å². The van der Waals surface area contributed by atoms with E-state index in [1.165, 1.54) is 0 Å². The summed E-state index contributed by atoms with van der Waals surface area (Å²) in [6, 6.07) is 25.5. The Kier molecular flexibility index (Phi) is 18.5. The van der Waals surface area contributed by atoms with E-state index in [9.17, 15) is 19.2 Å². The molecule has 0 aromatic heterocycles. The van der Waals surface area contributed by atoms with Crippen molar-refractivity contribution >= 4 is 44.6 Å². The van der Waals surface area contributed by atoms with E-state index in [4.69, 9.17) is 25.5 Å². The van der Waals surface area contributed by atoms with Gasteiger partial charge < -0.3 is 34.3 Å². The number of likely N-dealkylation sites (tertiary alicyclic amines) is 1.